The number of carbonyl (C=O) groups excluding carboxylic acids is 1. The highest BCUT2D eigenvalue weighted by atomic mass is 35.5. The van der Waals surface area contributed by atoms with E-state index in [4.69, 9.17) is 16.3 Å². The summed E-state index contributed by atoms with van der Waals surface area (Å²) in [7, 11) is 0. The van der Waals surface area contributed by atoms with Crippen molar-refractivity contribution in [2.45, 2.75) is 32.9 Å². The number of halogens is 4. The Labute approximate surface area is 223 Å². The fraction of sp³-hybridized carbons (Fsp3) is 0.240. The van der Waals surface area contributed by atoms with E-state index in [9.17, 15) is 26.7 Å². The normalized spacial score (nSPS) is 12.5. The predicted octanol–water partition coefficient (Wildman–Crippen LogP) is 6.14. The molecule has 4 rings (SSSR count). The molecular formula is C25H22ClF3N4O4S. The lowest BCUT2D eigenvalue weighted by atomic mass is 10.2. The summed E-state index contributed by atoms with van der Waals surface area (Å²) in [6.45, 7) is 3.55. The maximum Gasteiger partial charge on any atom is 0.428 e. The first-order chi connectivity index (χ1) is 18.0. The Morgan fingerprint density at radius 3 is 2.47 bits per heavy atom. The lowest BCUT2D eigenvalue weighted by molar-refractivity contribution is -0.137. The largest absolute Gasteiger partial charge is 0.428 e. The first-order valence-corrected chi connectivity index (χ1v) is 12.8. The smallest absolute Gasteiger partial charge is 0.410 e. The average molecular weight is 567 g/mol. The molecule has 0 aliphatic rings. The van der Waals surface area contributed by atoms with Crippen LogP contribution in [0.25, 0.3) is 16.7 Å². The Kier molecular flexibility index (Phi) is 8.05. The van der Waals surface area contributed by atoms with Crippen molar-refractivity contribution in [1.82, 2.24) is 18.8 Å². The number of nitrogens with zero attached hydrogens (tertiary/aromatic N) is 4. The van der Waals surface area contributed by atoms with Gasteiger partial charge >= 0.3 is 12.3 Å². The third-order valence-electron chi connectivity index (χ3n) is 5.69. The van der Waals surface area contributed by atoms with Gasteiger partial charge in [0.1, 0.15) is 11.6 Å². The zero-order valence-electron chi connectivity index (χ0n) is 20.2. The number of amides is 1. The van der Waals surface area contributed by atoms with Gasteiger partial charge < -0.3 is 4.74 Å². The number of rotatable bonds is 7. The Hall–Kier alpha value is -3.48. The second-order valence-electron chi connectivity index (χ2n) is 8.31. The summed E-state index contributed by atoms with van der Waals surface area (Å²) in [5.74, 6) is 0.755. The number of imidazole rings is 1. The molecule has 2 aromatic carbocycles. The van der Waals surface area contributed by atoms with Crippen LogP contribution >= 0.6 is 11.6 Å². The van der Waals surface area contributed by atoms with Gasteiger partial charge in [-0.2, -0.15) is 13.2 Å². The van der Waals surface area contributed by atoms with Crippen molar-refractivity contribution in [1.29, 1.82) is 0 Å². The third-order valence-corrected chi connectivity index (χ3v) is 6.71. The summed E-state index contributed by atoms with van der Waals surface area (Å²) < 4.78 is 68.7. The summed E-state index contributed by atoms with van der Waals surface area (Å²) in [4.78, 5) is 21.1. The van der Waals surface area contributed by atoms with E-state index >= 15 is 0 Å². The molecule has 2 heterocycles. The van der Waals surface area contributed by atoms with Crippen molar-refractivity contribution in [2.24, 2.45) is 0 Å². The maximum absolute atomic E-state index is 13.3. The number of hydrogen-bond acceptors (Lipinski definition) is 5. The minimum Gasteiger partial charge on any atom is -0.410 e. The lowest BCUT2D eigenvalue weighted by Crippen LogP contribution is -2.36. The number of benzene rings is 2. The van der Waals surface area contributed by atoms with Gasteiger partial charge in [-0.3, -0.25) is 14.1 Å². The van der Waals surface area contributed by atoms with Crippen LogP contribution in [0, 0.1) is 6.92 Å². The lowest BCUT2D eigenvalue weighted by Gasteiger charge is -2.17. The maximum atomic E-state index is 13.3. The van der Waals surface area contributed by atoms with Crippen LogP contribution in [0.2, 0.25) is 5.02 Å². The summed E-state index contributed by atoms with van der Waals surface area (Å²) in [6.07, 6.45) is -3.51. The molecule has 4 aromatic rings. The first kappa shape index (κ1) is 27.6. The monoisotopic (exact) mass is 566 g/mol. The fourth-order valence-electron chi connectivity index (χ4n) is 3.79. The molecule has 1 N–H and O–H groups in total. The highest BCUT2D eigenvalue weighted by molar-refractivity contribution is 7.77. The van der Waals surface area contributed by atoms with E-state index in [-0.39, 0.29) is 24.2 Å². The van der Waals surface area contributed by atoms with Crippen LogP contribution in [-0.4, -0.2) is 40.2 Å². The SMILES string of the molecule is CCc1nc2cc(C(F)(F)F)c(Cl)cc2n1-c1ccc(CCN(C(=O)Oc2ccc(C)cc2)S(=O)O)nc1. The van der Waals surface area contributed by atoms with Crippen LogP contribution in [0.3, 0.4) is 0 Å². The summed E-state index contributed by atoms with van der Waals surface area (Å²) in [5.41, 5.74) is 1.60. The molecule has 0 bridgehead atoms. The molecule has 2 aromatic heterocycles. The Morgan fingerprint density at radius 1 is 1.18 bits per heavy atom. The van der Waals surface area contributed by atoms with Crippen molar-refractivity contribution in [3.05, 3.63) is 82.4 Å². The van der Waals surface area contributed by atoms with Crippen LogP contribution < -0.4 is 4.74 Å². The van der Waals surface area contributed by atoms with Gasteiger partial charge in [-0.1, -0.05) is 36.2 Å². The van der Waals surface area contributed by atoms with E-state index in [0.717, 1.165) is 11.6 Å². The van der Waals surface area contributed by atoms with Crippen molar-refractivity contribution >= 4 is 40.0 Å². The van der Waals surface area contributed by atoms with Gasteiger partial charge in [0.05, 0.1) is 33.5 Å². The topological polar surface area (TPSA) is 97.6 Å². The van der Waals surface area contributed by atoms with Crippen LogP contribution in [0.1, 0.15) is 29.6 Å². The van der Waals surface area contributed by atoms with Gasteiger partial charge in [0.2, 0.25) is 0 Å². The number of aromatic nitrogens is 3. The molecule has 1 unspecified atom stereocenters. The molecule has 0 radical (unpaired) electrons. The van der Waals surface area contributed by atoms with Gasteiger partial charge in [0, 0.05) is 25.1 Å². The molecule has 0 saturated carbocycles. The number of pyridine rings is 1. The Bertz CT molecular complexity index is 1490. The third kappa shape index (κ3) is 5.98. The second kappa shape index (κ2) is 11.1. The van der Waals surface area contributed by atoms with E-state index in [0.29, 0.717) is 33.4 Å². The molecule has 0 fully saturated rings. The highest BCUT2D eigenvalue weighted by Crippen LogP contribution is 2.37. The molecule has 1 atom stereocenters. The van der Waals surface area contributed by atoms with Crippen molar-refractivity contribution in [3.63, 3.8) is 0 Å². The number of alkyl halides is 3. The molecule has 0 spiro atoms. The molecule has 8 nitrogen and oxygen atoms in total. The Balaban J connectivity index is 1.53. The van der Waals surface area contributed by atoms with E-state index in [1.54, 1.807) is 41.0 Å². The van der Waals surface area contributed by atoms with Gasteiger partial charge in [0.25, 0.3) is 11.3 Å². The van der Waals surface area contributed by atoms with E-state index in [2.05, 4.69) is 9.97 Å². The molecule has 38 heavy (non-hydrogen) atoms. The van der Waals surface area contributed by atoms with E-state index in [1.807, 2.05) is 13.8 Å². The minimum absolute atomic E-state index is 0.141. The van der Waals surface area contributed by atoms with Crippen LogP contribution in [0.5, 0.6) is 5.75 Å². The van der Waals surface area contributed by atoms with E-state index < -0.39 is 34.1 Å². The molecule has 0 aliphatic heterocycles. The zero-order valence-corrected chi connectivity index (χ0v) is 21.8. The van der Waals surface area contributed by atoms with Gasteiger partial charge in [-0.05, 0) is 43.3 Å². The van der Waals surface area contributed by atoms with Crippen LogP contribution in [0.15, 0.2) is 54.7 Å². The molecular weight excluding hydrogens is 545 g/mol. The number of carbonyl (C=O) groups is 1. The predicted molar refractivity (Wildman–Crippen MR) is 137 cm³/mol. The van der Waals surface area contributed by atoms with Crippen molar-refractivity contribution < 1.29 is 31.5 Å². The van der Waals surface area contributed by atoms with Gasteiger partial charge in [-0.15, -0.1) is 0 Å². The van der Waals surface area contributed by atoms with Gasteiger partial charge in [0.15, 0.2) is 0 Å². The molecule has 1 amide bonds. The molecule has 0 aliphatic carbocycles. The zero-order chi connectivity index (χ0) is 27.6. The van der Waals surface area contributed by atoms with Crippen molar-refractivity contribution in [2.75, 3.05) is 6.54 Å². The quantitative estimate of drug-likeness (QED) is 0.270. The highest BCUT2D eigenvalue weighted by Gasteiger charge is 2.34. The number of hydrogen-bond donors (Lipinski definition) is 1. The molecule has 13 heteroatoms. The summed E-state index contributed by atoms with van der Waals surface area (Å²) in [6, 6.07) is 12.1. The van der Waals surface area contributed by atoms with Gasteiger partial charge in [-0.25, -0.2) is 18.3 Å². The number of ether oxygens (including phenoxy) is 1. The first-order valence-electron chi connectivity index (χ1n) is 11.4. The summed E-state index contributed by atoms with van der Waals surface area (Å²) in [5, 5.41) is -0.437. The van der Waals surface area contributed by atoms with Crippen molar-refractivity contribution in [3.8, 4) is 11.4 Å². The molecule has 0 saturated heterocycles. The number of fused-ring (bicyclic) bond motifs is 1. The number of aryl methyl sites for hydroxylation is 2. The standard InChI is InChI=1S/C25H22ClF3N4O4S/c1-3-23-31-21-12-19(25(27,28)29)20(26)13-22(21)33(23)17-7-6-16(30-14-17)10-11-32(38(35)36)24(34)37-18-8-4-15(2)5-9-18/h4-9,12-14H,3,10-11H2,1-2H3,(H,35,36). The minimum atomic E-state index is -4.61. The summed E-state index contributed by atoms with van der Waals surface area (Å²) >= 11 is 3.32. The average Bonchev–Trinajstić information content (AvgIpc) is 3.22. The Morgan fingerprint density at radius 2 is 1.89 bits per heavy atom. The second-order valence-corrected chi connectivity index (χ2v) is 9.62. The fourth-order valence-corrected chi connectivity index (χ4v) is 4.47. The van der Waals surface area contributed by atoms with Crippen LogP contribution in [-0.2, 0) is 30.3 Å². The van der Waals surface area contributed by atoms with Crippen LogP contribution in [0.4, 0.5) is 18.0 Å². The van der Waals surface area contributed by atoms with E-state index in [1.165, 1.54) is 12.3 Å². The molecule has 200 valence electrons.